The molecule has 2 rings (SSSR count). The van der Waals surface area contributed by atoms with Gasteiger partial charge in [0.25, 0.3) is 0 Å². The molecule has 1 atom stereocenters. The zero-order chi connectivity index (χ0) is 13.9. The van der Waals surface area contributed by atoms with Crippen molar-refractivity contribution in [2.45, 2.75) is 33.2 Å². The maximum Gasteiger partial charge on any atom is 0.137 e. The van der Waals surface area contributed by atoms with Crippen molar-refractivity contribution in [1.82, 2.24) is 9.97 Å². The molecule has 0 aliphatic carbocycles. The first-order valence-electron chi connectivity index (χ1n) is 6.65. The number of fused-ring (bicyclic) bond motifs is 1. The fraction of sp³-hybridized carbons (Fsp3) is 0.467. The van der Waals surface area contributed by atoms with Gasteiger partial charge in [0, 0.05) is 18.0 Å². The van der Waals surface area contributed by atoms with Gasteiger partial charge in [0.1, 0.15) is 12.1 Å². The van der Waals surface area contributed by atoms with E-state index in [1.54, 1.807) is 6.33 Å². The summed E-state index contributed by atoms with van der Waals surface area (Å²) >= 11 is 0. The lowest BCUT2D eigenvalue weighted by atomic mass is 9.88. The molecule has 0 amide bonds. The quantitative estimate of drug-likeness (QED) is 0.885. The normalized spacial score (nSPS) is 13.5. The number of anilines is 1. The molecule has 0 aliphatic heterocycles. The molecule has 4 nitrogen and oxygen atoms in total. The molecular weight excluding hydrogens is 236 g/mol. The molecule has 0 fully saturated rings. The van der Waals surface area contributed by atoms with E-state index in [0.717, 1.165) is 29.7 Å². The van der Waals surface area contributed by atoms with Gasteiger partial charge in [-0.3, -0.25) is 0 Å². The molecule has 0 aliphatic rings. The van der Waals surface area contributed by atoms with Crippen LogP contribution in [-0.4, -0.2) is 22.6 Å². The number of para-hydroxylation sites is 1. The van der Waals surface area contributed by atoms with Crippen molar-refractivity contribution < 1.29 is 0 Å². The van der Waals surface area contributed by atoms with Crippen molar-refractivity contribution in [1.29, 1.82) is 0 Å². The Morgan fingerprint density at radius 2 is 1.95 bits per heavy atom. The minimum absolute atomic E-state index is 0.119. The number of hydrogen-bond donors (Lipinski definition) is 2. The largest absolute Gasteiger partial charge is 0.368 e. The lowest BCUT2D eigenvalue weighted by molar-refractivity contribution is 0.344. The molecular formula is C15H22N4. The smallest absolute Gasteiger partial charge is 0.137 e. The average Bonchev–Trinajstić information content (AvgIpc) is 2.34. The molecule has 1 aromatic carbocycles. The Labute approximate surface area is 114 Å². The lowest BCUT2D eigenvalue weighted by Crippen LogP contribution is -2.33. The van der Waals surface area contributed by atoms with Gasteiger partial charge >= 0.3 is 0 Å². The van der Waals surface area contributed by atoms with Gasteiger partial charge in [-0.1, -0.05) is 32.9 Å². The van der Waals surface area contributed by atoms with E-state index >= 15 is 0 Å². The molecule has 1 unspecified atom stereocenters. The summed E-state index contributed by atoms with van der Waals surface area (Å²) < 4.78 is 0. The van der Waals surface area contributed by atoms with Crippen LogP contribution in [0.5, 0.6) is 0 Å². The SMILES string of the molecule is CC(C)(C)CC(N)CNc1ncnc2ccccc12. The first-order chi connectivity index (χ1) is 8.96. The van der Waals surface area contributed by atoms with Crippen LogP contribution in [0.4, 0.5) is 5.82 Å². The Balaban J connectivity index is 2.06. The summed E-state index contributed by atoms with van der Waals surface area (Å²) in [5, 5.41) is 4.37. The maximum absolute atomic E-state index is 6.15. The van der Waals surface area contributed by atoms with Gasteiger partial charge in [0.2, 0.25) is 0 Å². The van der Waals surface area contributed by atoms with E-state index in [-0.39, 0.29) is 11.5 Å². The molecule has 0 saturated carbocycles. The van der Waals surface area contributed by atoms with Crippen LogP contribution in [0.15, 0.2) is 30.6 Å². The van der Waals surface area contributed by atoms with E-state index < -0.39 is 0 Å². The lowest BCUT2D eigenvalue weighted by Gasteiger charge is -2.23. The van der Waals surface area contributed by atoms with Gasteiger partial charge < -0.3 is 11.1 Å². The van der Waals surface area contributed by atoms with Crippen molar-refractivity contribution in [2.24, 2.45) is 11.1 Å². The number of hydrogen-bond acceptors (Lipinski definition) is 4. The van der Waals surface area contributed by atoms with Crippen LogP contribution in [0.3, 0.4) is 0 Å². The third kappa shape index (κ3) is 3.89. The first-order valence-corrected chi connectivity index (χ1v) is 6.65. The molecule has 0 bridgehead atoms. The minimum Gasteiger partial charge on any atom is -0.368 e. The second-order valence-corrected chi connectivity index (χ2v) is 6.15. The predicted octanol–water partition coefficient (Wildman–Crippen LogP) is 2.81. The van der Waals surface area contributed by atoms with Gasteiger partial charge in [-0.25, -0.2) is 9.97 Å². The second-order valence-electron chi connectivity index (χ2n) is 6.15. The van der Waals surface area contributed by atoms with Gasteiger partial charge in [-0.2, -0.15) is 0 Å². The van der Waals surface area contributed by atoms with Gasteiger partial charge in [-0.15, -0.1) is 0 Å². The Morgan fingerprint density at radius 3 is 2.68 bits per heavy atom. The Morgan fingerprint density at radius 1 is 1.21 bits per heavy atom. The molecule has 1 heterocycles. The average molecular weight is 258 g/mol. The molecule has 3 N–H and O–H groups in total. The topological polar surface area (TPSA) is 63.8 Å². The van der Waals surface area contributed by atoms with Crippen molar-refractivity contribution >= 4 is 16.7 Å². The second kappa shape index (κ2) is 5.53. The molecule has 0 radical (unpaired) electrons. The van der Waals surface area contributed by atoms with Gasteiger partial charge in [0.15, 0.2) is 0 Å². The van der Waals surface area contributed by atoms with E-state index in [9.17, 15) is 0 Å². The summed E-state index contributed by atoms with van der Waals surface area (Å²) in [6.45, 7) is 7.32. The predicted molar refractivity (Wildman–Crippen MR) is 80.1 cm³/mol. The molecule has 102 valence electrons. The monoisotopic (exact) mass is 258 g/mol. The van der Waals surface area contributed by atoms with Crippen LogP contribution < -0.4 is 11.1 Å². The van der Waals surface area contributed by atoms with Crippen LogP contribution in [0.25, 0.3) is 10.9 Å². The number of benzene rings is 1. The number of nitrogens with two attached hydrogens (primary N) is 1. The van der Waals surface area contributed by atoms with Crippen molar-refractivity contribution in [3.63, 3.8) is 0 Å². The first kappa shape index (κ1) is 13.7. The van der Waals surface area contributed by atoms with E-state index in [1.165, 1.54) is 0 Å². The number of nitrogens with zero attached hydrogens (tertiary/aromatic N) is 2. The molecule has 19 heavy (non-hydrogen) atoms. The minimum atomic E-state index is 0.119. The Hall–Kier alpha value is -1.68. The maximum atomic E-state index is 6.15. The van der Waals surface area contributed by atoms with Crippen LogP contribution in [0.2, 0.25) is 0 Å². The third-order valence-corrected chi connectivity index (χ3v) is 2.95. The Kier molecular flexibility index (Phi) is 4.00. The number of rotatable bonds is 4. The standard InChI is InChI=1S/C15H22N4/c1-15(2,3)8-11(16)9-17-14-12-6-4-5-7-13(12)18-10-19-14/h4-7,10-11H,8-9,16H2,1-3H3,(H,17,18,19). The van der Waals surface area contributed by atoms with Crippen LogP contribution >= 0.6 is 0 Å². The van der Waals surface area contributed by atoms with E-state index in [4.69, 9.17) is 5.73 Å². The highest BCUT2D eigenvalue weighted by Crippen LogP contribution is 2.21. The van der Waals surface area contributed by atoms with E-state index in [1.807, 2.05) is 24.3 Å². The number of aromatic nitrogens is 2. The summed E-state index contributed by atoms with van der Waals surface area (Å²) in [6.07, 6.45) is 2.56. The summed E-state index contributed by atoms with van der Waals surface area (Å²) in [6, 6.07) is 8.09. The highest BCUT2D eigenvalue weighted by atomic mass is 15.0. The van der Waals surface area contributed by atoms with Crippen molar-refractivity contribution in [2.75, 3.05) is 11.9 Å². The molecule has 4 heteroatoms. The molecule has 0 spiro atoms. The van der Waals surface area contributed by atoms with Crippen molar-refractivity contribution in [3.05, 3.63) is 30.6 Å². The van der Waals surface area contributed by atoms with Crippen LogP contribution in [-0.2, 0) is 0 Å². The number of nitrogens with one attached hydrogen (secondary N) is 1. The zero-order valence-electron chi connectivity index (χ0n) is 11.9. The molecule has 1 aromatic heterocycles. The van der Waals surface area contributed by atoms with Crippen LogP contribution in [0, 0.1) is 5.41 Å². The fourth-order valence-corrected chi connectivity index (χ4v) is 2.23. The van der Waals surface area contributed by atoms with Crippen LogP contribution in [0.1, 0.15) is 27.2 Å². The van der Waals surface area contributed by atoms with Crippen molar-refractivity contribution in [3.8, 4) is 0 Å². The molecule has 2 aromatic rings. The summed E-state index contributed by atoms with van der Waals surface area (Å²) in [4.78, 5) is 8.54. The Bertz CT molecular complexity index is 540. The summed E-state index contributed by atoms with van der Waals surface area (Å²) in [7, 11) is 0. The highest BCUT2D eigenvalue weighted by Gasteiger charge is 2.15. The fourth-order valence-electron chi connectivity index (χ4n) is 2.23. The third-order valence-electron chi connectivity index (χ3n) is 2.95. The van der Waals surface area contributed by atoms with E-state index in [0.29, 0.717) is 0 Å². The van der Waals surface area contributed by atoms with Gasteiger partial charge in [-0.05, 0) is 24.0 Å². The molecule has 0 saturated heterocycles. The summed E-state index contributed by atoms with van der Waals surface area (Å²) in [5.41, 5.74) is 7.34. The highest BCUT2D eigenvalue weighted by molar-refractivity contribution is 5.88. The van der Waals surface area contributed by atoms with E-state index in [2.05, 4.69) is 36.1 Å². The zero-order valence-corrected chi connectivity index (χ0v) is 11.9. The van der Waals surface area contributed by atoms with Gasteiger partial charge in [0.05, 0.1) is 5.52 Å². The summed E-state index contributed by atoms with van der Waals surface area (Å²) in [5.74, 6) is 0.856.